The minimum atomic E-state index is -0.768. The third-order valence-corrected chi connectivity index (χ3v) is 5.63. The first kappa shape index (κ1) is 24.3. The van der Waals surface area contributed by atoms with Crippen molar-refractivity contribution in [1.29, 1.82) is 0 Å². The first-order valence-corrected chi connectivity index (χ1v) is 11.3. The van der Waals surface area contributed by atoms with Crippen LogP contribution in [0.1, 0.15) is 52.5 Å². The molecule has 0 aliphatic heterocycles. The molecule has 33 heavy (non-hydrogen) atoms. The molecule has 1 heterocycles. The fraction of sp³-hybridized carbons (Fsp3) is 0.423. The number of benzene rings is 2. The number of aromatic nitrogens is 4. The van der Waals surface area contributed by atoms with Crippen molar-refractivity contribution in [3.63, 3.8) is 0 Å². The van der Waals surface area contributed by atoms with E-state index in [1.807, 2.05) is 60.1 Å². The van der Waals surface area contributed by atoms with Gasteiger partial charge < -0.3 is 4.74 Å². The molecule has 0 saturated carbocycles. The molecule has 3 aromatic rings. The van der Waals surface area contributed by atoms with Gasteiger partial charge >= 0.3 is 5.97 Å². The van der Waals surface area contributed by atoms with Crippen LogP contribution < -0.4 is 0 Å². The van der Waals surface area contributed by atoms with E-state index in [1.165, 1.54) is 7.11 Å². The number of carbonyl (C=O) groups is 2. The maximum Gasteiger partial charge on any atom is 0.316 e. The van der Waals surface area contributed by atoms with Crippen LogP contribution in [0.4, 0.5) is 0 Å². The van der Waals surface area contributed by atoms with E-state index in [9.17, 15) is 9.59 Å². The van der Waals surface area contributed by atoms with Crippen molar-refractivity contribution < 1.29 is 14.3 Å². The highest BCUT2D eigenvalue weighted by molar-refractivity contribution is 5.99. The summed E-state index contributed by atoms with van der Waals surface area (Å²) in [6, 6.07) is 15.9. The van der Waals surface area contributed by atoms with Gasteiger partial charge in [0.2, 0.25) is 0 Å². The number of carbonyl (C=O) groups excluding carboxylic acids is 2. The fourth-order valence-corrected chi connectivity index (χ4v) is 3.79. The predicted molar refractivity (Wildman–Crippen MR) is 127 cm³/mol. The molecule has 0 amide bonds. The van der Waals surface area contributed by atoms with Crippen molar-refractivity contribution in [3.8, 4) is 22.5 Å². The highest BCUT2D eigenvalue weighted by Gasteiger charge is 2.27. The summed E-state index contributed by atoms with van der Waals surface area (Å²) in [7, 11) is 1.33. The van der Waals surface area contributed by atoms with E-state index in [-0.39, 0.29) is 11.3 Å². The zero-order valence-corrected chi connectivity index (χ0v) is 20.0. The number of unbranched alkanes of at least 4 members (excludes halogenated alkanes) is 1. The maximum atomic E-state index is 12.6. The van der Waals surface area contributed by atoms with Gasteiger partial charge in [-0.2, -0.15) is 0 Å². The van der Waals surface area contributed by atoms with Crippen LogP contribution in [0, 0.1) is 5.92 Å². The second-order valence-electron chi connectivity index (χ2n) is 9.18. The number of hydrogen-bond acceptors (Lipinski definition) is 6. The van der Waals surface area contributed by atoms with E-state index in [1.54, 1.807) is 0 Å². The van der Waals surface area contributed by atoms with Crippen LogP contribution in [0.15, 0.2) is 48.5 Å². The Morgan fingerprint density at radius 3 is 2.30 bits per heavy atom. The van der Waals surface area contributed by atoms with Gasteiger partial charge in [-0.05, 0) is 60.7 Å². The number of nitrogens with zero attached hydrogens (tertiary/aromatic N) is 4. The van der Waals surface area contributed by atoms with E-state index in [0.29, 0.717) is 18.7 Å². The Bertz CT molecular complexity index is 1100. The van der Waals surface area contributed by atoms with E-state index in [2.05, 4.69) is 36.3 Å². The highest BCUT2D eigenvalue weighted by Crippen LogP contribution is 2.32. The Labute approximate surface area is 195 Å². The lowest BCUT2D eigenvalue weighted by molar-refractivity contribution is -0.149. The van der Waals surface area contributed by atoms with Gasteiger partial charge in [0, 0.05) is 12.0 Å². The molecule has 0 aliphatic rings. The average molecular weight is 449 g/mol. The first-order valence-electron chi connectivity index (χ1n) is 11.3. The number of ketones is 1. The third kappa shape index (κ3) is 5.72. The summed E-state index contributed by atoms with van der Waals surface area (Å²) in [5.41, 5.74) is 3.60. The number of esters is 1. The van der Waals surface area contributed by atoms with Crippen molar-refractivity contribution in [2.24, 2.45) is 5.92 Å². The molecule has 3 rings (SSSR count). The quantitative estimate of drug-likeness (QED) is 0.343. The number of rotatable bonds is 9. The highest BCUT2D eigenvalue weighted by atomic mass is 16.5. The maximum absolute atomic E-state index is 12.6. The summed E-state index contributed by atoms with van der Waals surface area (Å²) in [6.07, 6.45) is 2.41. The van der Waals surface area contributed by atoms with Gasteiger partial charge in [-0.3, -0.25) is 9.59 Å². The Kier molecular flexibility index (Phi) is 7.74. The van der Waals surface area contributed by atoms with Crippen LogP contribution >= 0.6 is 0 Å². The van der Waals surface area contributed by atoms with Crippen molar-refractivity contribution in [3.05, 3.63) is 54.1 Å². The van der Waals surface area contributed by atoms with Crippen molar-refractivity contribution >= 4 is 11.8 Å². The Balaban J connectivity index is 1.89. The van der Waals surface area contributed by atoms with Gasteiger partial charge in [0.15, 0.2) is 5.82 Å². The van der Waals surface area contributed by atoms with Gasteiger partial charge in [0.05, 0.1) is 12.6 Å². The van der Waals surface area contributed by atoms with E-state index in [0.717, 1.165) is 35.1 Å². The molecule has 1 atom stereocenters. The fourth-order valence-electron chi connectivity index (χ4n) is 3.79. The van der Waals surface area contributed by atoms with E-state index < -0.39 is 11.9 Å². The van der Waals surface area contributed by atoms with Crippen LogP contribution in [0.25, 0.3) is 22.5 Å². The number of ether oxygens (including phenoxy) is 1. The molecule has 174 valence electrons. The zero-order valence-electron chi connectivity index (χ0n) is 20.0. The van der Waals surface area contributed by atoms with Crippen molar-refractivity contribution in [1.82, 2.24) is 20.2 Å². The van der Waals surface area contributed by atoms with Crippen LogP contribution in [0.5, 0.6) is 0 Å². The lowest BCUT2D eigenvalue weighted by atomic mass is 9.91. The SMILES string of the molecule is CCCCC(=O)C(Cc1ccc(-c2ccccc2-c2nnnn2C(C)(C)C)cc1)C(=O)OC. The van der Waals surface area contributed by atoms with Gasteiger partial charge in [-0.15, -0.1) is 5.10 Å². The summed E-state index contributed by atoms with van der Waals surface area (Å²) in [5.74, 6) is -0.600. The molecule has 0 fully saturated rings. The van der Waals surface area contributed by atoms with Gasteiger partial charge in [-0.1, -0.05) is 61.9 Å². The summed E-state index contributed by atoms with van der Waals surface area (Å²) < 4.78 is 6.72. The number of Topliss-reactive ketones (excluding diaryl/α,β-unsaturated/α-hetero) is 1. The molecule has 0 spiro atoms. The summed E-state index contributed by atoms with van der Waals surface area (Å²) >= 11 is 0. The molecule has 2 aromatic carbocycles. The predicted octanol–water partition coefficient (Wildman–Crippen LogP) is 4.85. The molecule has 0 saturated heterocycles. The van der Waals surface area contributed by atoms with E-state index in [4.69, 9.17) is 4.74 Å². The molecule has 0 N–H and O–H groups in total. The minimum Gasteiger partial charge on any atom is -0.468 e. The van der Waals surface area contributed by atoms with Crippen LogP contribution in [0.3, 0.4) is 0 Å². The second-order valence-corrected chi connectivity index (χ2v) is 9.18. The van der Waals surface area contributed by atoms with Crippen LogP contribution in [0.2, 0.25) is 0 Å². The second kappa shape index (κ2) is 10.5. The molecule has 0 radical (unpaired) electrons. The Morgan fingerprint density at radius 1 is 1.03 bits per heavy atom. The molecule has 1 aromatic heterocycles. The number of hydrogen-bond donors (Lipinski definition) is 0. The average Bonchev–Trinajstić information content (AvgIpc) is 3.31. The molecule has 7 nitrogen and oxygen atoms in total. The molecule has 1 unspecified atom stereocenters. The minimum absolute atomic E-state index is 0.0628. The lowest BCUT2D eigenvalue weighted by Crippen LogP contribution is -2.27. The smallest absolute Gasteiger partial charge is 0.316 e. The molecular formula is C26H32N4O3. The number of methoxy groups -OCH3 is 1. The monoisotopic (exact) mass is 448 g/mol. The zero-order chi connectivity index (χ0) is 24.0. The van der Waals surface area contributed by atoms with Crippen molar-refractivity contribution in [2.75, 3.05) is 7.11 Å². The summed E-state index contributed by atoms with van der Waals surface area (Å²) in [5, 5.41) is 12.4. The van der Waals surface area contributed by atoms with E-state index >= 15 is 0 Å². The van der Waals surface area contributed by atoms with Crippen molar-refractivity contribution in [2.45, 2.75) is 58.9 Å². The number of tetrazole rings is 1. The summed E-state index contributed by atoms with van der Waals surface area (Å²) in [6.45, 7) is 8.20. The summed E-state index contributed by atoms with van der Waals surface area (Å²) in [4.78, 5) is 24.8. The van der Waals surface area contributed by atoms with Gasteiger partial charge in [-0.25, -0.2) is 4.68 Å². The topological polar surface area (TPSA) is 87.0 Å². The Morgan fingerprint density at radius 2 is 1.70 bits per heavy atom. The molecule has 7 heteroatoms. The standard InChI is InChI=1S/C26H32N4O3/c1-6-7-12-23(31)22(25(32)33-5)17-18-13-15-19(16-14-18)20-10-8-9-11-21(20)24-27-28-29-30(24)26(2,3)4/h8-11,13-16,22H,6-7,12,17H2,1-5H3. The van der Waals surface area contributed by atoms with Gasteiger partial charge in [0.1, 0.15) is 11.7 Å². The van der Waals surface area contributed by atoms with Gasteiger partial charge in [0.25, 0.3) is 0 Å². The largest absolute Gasteiger partial charge is 0.468 e. The molecule has 0 bridgehead atoms. The normalized spacial score (nSPS) is 12.4. The molecule has 0 aliphatic carbocycles. The lowest BCUT2D eigenvalue weighted by Gasteiger charge is -2.21. The van der Waals surface area contributed by atoms with Crippen LogP contribution in [-0.2, 0) is 26.3 Å². The third-order valence-electron chi connectivity index (χ3n) is 5.63. The Hall–Kier alpha value is -3.35. The molecular weight excluding hydrogens is 416 g/mol. The first-order chi connectivity index (χ1) is 15.8. The van der Waals surface area contributed by atoms with Crippen LogP contribution in [-0.4, -0.2) is 39.1 Å².